The Morgan fingerprint density at radius 2 is 2.28 bits per heavy atom. The molecule has 1 saturated heterocycles. The van der Waals surface area contributed by atoms with Gasteiger partial charge in [-0.2, -0.15) is 0 Å². The van der Waals surface area contributed by atoms with E-state index in [1.54, 1.807) is 0 Å². The van der Waals surface area contributed by atoms with Crippen LogP contribution in [-0.4, -0.2) is 26.2 Å². The molecule has 3 heteroatoms. The molecule has 2 aliphatic heterocycles. The monoisotopic (exact) mass is 246 g/mol. The Bertz CT molecular complexity index is 425. The molecule has 0 aliphatic carbocycles. The van der Waals surface area contributed by atoms with Gasteiger partial charge in [-0.15, -0.1) is 0 Å². The normalized spacial score (nSPS) is 26.5. The van der Waals surface area contributed by atoms with Crippen LogP contribution in [0.15, 0.2) is 18.2 Å². The molecule has 98 valence electrons. The van der Waals surface area contributed by atoms with Gasteiger partial charge >= 0.3 is 0 Å². The van der Waals surface area contributed by atoms with Crippen LogP contribution in [0.25, 0.3) is 0 Å². The van der Waals surface area contributed by atoms with Gasteiger partial charge in [0.15, 0.2) is 0 Å². The van der Waals surface area contributed by atoms with Crippen molar-refractivity contribution in [1.82, 2.24) is 5.32 Å². The third kappa shape index (κ3) is 2.32. The molecular formula is C15H22N2O. The highest BCUT2D eigenvalue weighted by Gasteiger charge is 2.29. The number of rotatable bonds is 3. The van der Waals surface area contributed by atoms with Crippen molar-refractivity contribution in [3.63, 3.8) is 0 Å². The van der Waals surface area contributed by atoms with E-state index in [1.165, 1.54) is 30.5 Å². The van der Waals surface area contributed by atoms with E-state index in [0.29, 0.717) is 0 Å². The summed E-state index contributed by atoms with van der Waals surface area (Å²) in [7, 11) is 0. The largest absolute Gasteiger partial charge is 0.491 e. The predicted octanol–water partition coefficient (Wildman–Crippen LogP) is 2.42. The minimum atomic E-state index is 0.289. The van der Waals surface area contributed by atoms with Gasteiger partial charge in [0.1, 0.15) is 5.75 Å². The highest BCUT2D eigenvalue weighted by molar-refractivity contribution is 5.63. The molecule has 0 amide bonds. The summed E-state index contributed by atoms with van der Waals surface area (Å²) in [4.78, 5) is 0. The van der Waals surface area contributed by atoms with Gasteiger partial charge in [0.05, 0.1) is 12.3 Å². The van der Waals surface area contributed by atoms with Gasteiger partial charge < -0.3 is 15.4 Å². The molecule has 2 heterocycles. The number of hydrogen-bond donors (Lipinski definition) is 2. The van der Waals surface area contributed by atoms with Gasteiger partial charge in [-0.3, -0.25) is 0 Å². The average molecular weight is 246 g/mol. The second kappa shape index (κ2) is 4.81. The Morgan fingerprint density at radius 3 is 3.11 bits per heavy atom. The van der Waals surface area contributed by atoms with Gasteiger partial charge in [-0.05, 0) is 37.4 Å². The fraction of sp³-hybridized carbons (Fsp3) is 0.600. The third-order valence-electron chi connectivity index (χ3n) is 4.07. The summed E-state index contributed by atoms with van der Waals surface area (Å²) in [5.41, 5.74) is 2.91. The Morgan fingerprint density at radius 1 is 1.33 bits per heavy atom. The summed E-state index contributed by atoms with van der Waals surface area (Å²) in [5, 5.41) is 6.89. The molecule has 1 aromatic rings. The number of benzene rings is 1. The molecule has 0 aromatic heterocycles. The van der Waals surface area contributed by atoms with E-state index < -0.39 is 0 Å². The quantitative estimate of drug-likeness (QED) is 0.859. The van der Waals surface area contributed by atoms with Crippen molar-refractivity contribution in [2.24, 2.45) is 5.41 Å². The molecule has 1 fully saturated rings. The summed E-state index contributed by atoms with van der Waals surface area (Å²) >= 11 is 0. The maximum Gasteiger partial charge on any atom is 0.142 e. The first-order valence-electron chi connectivity index (χ1n) is 6.96. The Kier molecular flexibility index (Phi) is 3.16. The zero-order chi connectivity index (χ0) is 12.4. The molecule has 2 aliphatic rings. The molecule has 1 atom stereocenters. The average Bonchev–Trinajstić information content (AvgIpc) is 2.84. The van der Waals surface area contributed by atoms with E-state index in [2.05, 4.69) is 35.8 Å². The number of nitrogens with one attached hydrogen (secondary N) is 2. The molecule has 0 saturated carbocycles. The lowest BCUT2D eigenvalue weighted by Gasteiger charge is -2.26. The smallest absolute Gasteiger partial charge is 0.142 e. The number of anilines is 1. The second-order valence-electron chi connectivity index (χ2n) is 5.85. The van der Waals surface area contributed by atoms with Crippen LogP contribution in [0.1, 0.15) is 25.3 Å². The van der Waals surface area contributed by atoms with Crippen molar-refractivity contribution in [3.8, 4) is 5.75 Å². The molecule has 3 nitrogen and oxygen atoms in total. The van der Waals surface area contributed by atoms with Gasteiger partial charge in [0.2, 0.25) is 0 Å². The maximum absolute atomic E-state index is 6.09. The minimum Gasteiger partial charge on any atom is -0.491 e. The fourth-order valence-electron chi connectivity index (χ4n) is 2.84. The lowest BCUT2D eigenvalue weighted by Crippen LogP contribution is -2.28. The van der Waals surface area contributed by atoms with E-state index in [0.717, 1.165) is 32.0 Å². The van der Waals surface area contributed by atoms with Crippen LogP contribution in [0.5, 0.6) is 5.75 Å². The first-order chi connectivity index (χ1) is 8.77. The number of fused-ring (bicyclic) bond motifs is 1. The summed E-state index contributed by atoms with van der Waals surface area (Å²) in [6.07, 6.45) is 3.59. The zero-order valence-corrected chi connectivity index (χ0v) is 11.1. The molecule has 0 spiro atoms. The number of hydrogen-bond acceptors (Lipinski definition) is 3. The van der Waals surface area contributed by atoms with Gasteiger partial charge in [-0.25, -0.2) is 0 Å². The SMILES string of the molecule is CC1(COc2cccc3c2NCCC3)CCNC1. The Balaban J connectivity index is 1.72. The highest BCUT2D eigenvalue weighted by Crippen LogP contribution is 2.34. The molecular weight excluding hydrogens is 224 g/mol. The summed E-state index contributed by atoms with van der Waals surface area (Å²) in [6.45, 7) is 6.35. The standard InChI is InChI=1S/C15H22N2O/c1-15(7-9-16-10-15)11-18-13-6-2-4-12-5-3-8-17-14(12)13/h2,4,6,16-17H,3,5,7-11H2,1H3. The lowest BCUT2D eigenvalue weighted by atomic mass is 9.91. The molecule has 0 radical (unpaired) electrons. The van der Waals surface area contributed by atoms with E-state index in [-0.39, 0.29) is 5.41 Å². The highest BCUT2D eigenvalue weighted by atomic mass is 16.5. The van der Waals surface area contributed by atoms with Crippen LogP contribution in [0.3, 0.4) is 0 Å². The molecule has 1 aromatic carbocycles. The zero-order valence-electron chi connectivity index (χ0n) is 11.1. The van der Waals surface area contributed by atoms with Crippen LogP contribution >= 0.6 is 0 Å². The van der Waals surface area contributed by atoms with Crippen LogP contribution in [-0.2, 0) is 6.42 Å². The van der Waals surface area contributed by atoms with Crippen LogP contribution < -0.4 is 15.4 Å². The minimum absolute atomic E-state index is 0.289. The van der Waals surface area contributed by atoms with Crippen molar-refractivity contribution in [2.45, 2.75) is 26.2 Å². The Labute approximate surface area is 109 Å². The summed E-state index contributed by atoms with van der Waals surface area (Å²) < 4.78 is 6.09. The number of para-hydroxylation sites is 1. The van der Waals surface area contributed by atoms with Crippen molar-refractivity contribution in [2.75, 3.05) is 31.6 Å². The van der Waals surface area contributed by atoms with E-state index in [9.17, 15) is 0 Å². The van der Waals surface area contributed by atoms with E-state index in [1.807, 2.05) is 0 Å². The first-order valence-corrected chi connectivity index (χ1v) is 6.96. The van der Waals surface area contributed by atoms with Crippen molar-refractivity contribution in [3.05, 3.63) is 23.8 Å². The molecule has 0 bridgehead atoms. The number of ether oxygens (including phenoxy) is 1. The van der Waals surface area contributed by atoms with E-state index in [4.69, 9.17) is 4.74 Å². The van der Waals surface area contributed by atoms with Crippen molar-refractivity contribution in [1.29, 1.82) is 0 Å². The van der Waals surface area contributed by atoms with Gasteiger partial charge in [0.25, 0.3) is 0 Å². The third-order valence-corrected chi connectivity index (χ3v) is 4.07. The van der Waals surface area contributed by atoms with E-state index >= 15 is 0 Å². The maximum atomic E-state index is 6.09. The summed E-state index contributed by atoms with van der Waals surface area (Å²) in [5.74, 6) is 1.03. The Hall–Kier alpha value is -1.22. The first kappa shape index (κ1) is 11.8. The van der Waals surface area contributed by atoms with Crippen LogP contribution in [0, 0.1) is 5.41 Å². The van der Waals surface area contributed by atoms with Crippen molar-refractivity contribution < 1.29 is 4.74 Å². The van der Waals surface area contributed by atoms with Crippen molar-refractivity contribution >= 4 is 5.69 Å². The van der Waals surface area contributed by atoms with Gasteiger partial charge in [0, 0.05) is 18.5 Å². The second-order valence-corrected chi connectivity index (χ2v) is 5.85. The fourth-order valence-corrected chi connectivity index (χ4v) is 2.84. The predicted molar refractivity (Wildman–Crippen MR) is 74.3 cm³/mol. The topological polar surface area (TPSA) is 33.3 Å². The molecule has 1 unspecified atom stereocenters. The summed E-state index contributed by atoms with van der Waals surface area (Å²) in [6, 6.07) is 6.40. The number of aryl methyl sites for hydroxylation is 1. The van der Waals surface area contributed by atoms with Crippen LogP contribution in [0.4, 0.5) is 5.69 Å². The lowest BCUT2D eigenvalue weighted by molar-refractivity contribution is 0.181. The van der Waals surface area contributed by atoms with Crippen LogP contribution in [0.2, 0.25) is 0 Å². The molecule has 3 rings (SSSR count). The molecule has 2 N–H and O–H groups in total. The van der Waals surface area contributed by atoms with Gasteiger partial charge in [-0.1, -0.05) is 19.1 Å². The molecule has 18 heavy (non-hydrogen) atoms.